The largest absolute Gasteiger partial charge is 0.493 e. The lowest BCUT2D eigenvalue weighted by Gasteiger charge is -2.14. The molecule has 3 aromatic rings. The molecule has 1 heterocycles. The summed E-state index contributed by atoms with van der Waals surface area (Å²) in [4.78, 5) is 4.52. The zero-order chi connectivity index (χ0) is 17.1. The molecule has 0 saturated heterocycles. The molecule has 3 nitrogen and oxygen atoms in total. The summed E-state index contributed by atoms with van der Waals surface area (Å²) < 4.78 is 8.24. The van der Waals surface area contributed by atoms with Crippen LogP contribution in [0.15, 0.2) is 42.7 Å². The van der Waals surface area contributed by atoms with Crippen molar-refractivity contribution >= 4 is 11.0 Å². The third kappa shape index (κ3) is 3.45. The van der Waals surface area contributed by atoms with E-state index in [-0.39, 0.29) is 0 Å². The molecule has 0 aliphatic heterocycles. The zero-order valence-electron chi connectivity index (χ0n) is 15.0. The van der Waals surface area contributed by atoms with Gasteiger partial charge < -0.3 is 9.30 Å². The van der Waals surface area contributed by atoms with Gasteiger partial charge in [-0.2, -0.15) is 0 Å². The SMILES string of the molecule is Cc1cc2ncn(CCCOc3ccccc3C(C)C)c2cc1C. The highest BCUT2D eigenvalue weighted by molar-refractivity contribution is 5.77. The number of fused-ring (bicyclic) bond motifs is 1. The number of ether oxygens (including phenoxy) is 1. The van der Waals surface area contributed by atoms with Gasteiger partial charge in [-0.1, -0.05) is 32.0 Å². The molecule has 0 unspecified atom stereocenters. The first kappa shape index (κ1) is 16.6. The Morgan fingerprint density at radius 2 is 1.83 bits per heavy atom. The molecule has 0 saturated carbocycles. The van der Waals surface area contributed by atoms with Crippen LogP contribution in [0.3, 0.4) is 0 Å². The van der Waals surface area contributed by atoms with E-state index in [9.17, 15) is 0 Å². The summed E-state index contributed by atoms with van der Waals surface area (Å²) in [6.07, 6.45) is 2.90. The number of imidazole rings is 1. The zero-order valence-corrected chi connectivity index (χ0v) is 15.0. The lowest BCUT2D eigenvalue weighted by molar-refractivity contribution is 0.298. The predicted molar refractivity (Wildman–Crippen MR) is 99.9 cm³/mol. The molecular weight excluding hydrogens is 296 g/mol. The smallest absolute Gasteiger partial charge is 0.122 e. The van der Waals surface area contributed by atoms with Gasteiger partial charge in [-0.25, -0.2) is 4.98 Å². The average Bonchev–Trinajstić information content (AvgIpc) is 2.94. The van der Waals surface area contributed by atoms with Gasteiger partial charge in [-0.3, -0.25) is 0 Å². The summed E-state index contributed by atoms with van der Waals surface area (Å²) >= 11 is 0. The summed E-state index contributed by atoms with van der Waals surface area (Å²) in [6.45, 7) is 10.3. The van der Waals surface area contributed by atoms with Crippen LogP contribution in [-0.4, -0.2) is 16.2 Å². The Labute approximate surface area is 144 Å². The molecule has 2 aromatic carbocycles. The molecule has 0 fully saturated rings. The van der Waals surface area contributed by atoms with Gasteiger partial charge in [0.2, 0.25) is 0 Å². The lowest BCUT2D eigenvalue weighted by atomic mass is 10.0. The van der Waals surface area contributed by atoms with Crippen LogP contribution in [-0.2, 0) is 6.54 Å². The molecule has 0 aliphatic rings. The number of aryl methyl sites for hydroxylation is 3. The number of hydrogen-bond donors (Lipinski definition) is 0. The van der Waals surface area contributed by atoms with Gasteiger partial charge in [0.25, 0.3) is 0 Å². The number of rotatable bonds is 6. The molecule has 0 spiro atoms. The summed E-state index contributed by atoms with van der Waals surface area (Å²) in [5.74, 6) is 1.49. The quantitative estimate of drug-likeness (QED) is 0.580. The Hall–Kier alpha value is -2.29. The lowest BCUT2D eigenvalue weighted by Crippen LogP contribution is -2.05. The molecule has 126 valence electrons. The number of para-hydroxylation sites is 1. The second-order valence-corrected chi connectivity index (χ2v) is 6.76. The maximum absolute atomic E-state index is 6.02. The maximum Gasteiger partial charge on any atom is 0.122 e. The monoisotopic (exact) mass is 322 g/mol. The Balaban J connectivity index is 1.63. The summed E-state index contributed by atoms with van der Waals surface area (Å²) in [7, 11) is 0. The molecule has 3 rings (SSSR count). The van der Waals surface area contributed by atoms with Gasteiger partial charge >= 0.3 is 0 Å². The molecule has 3 heteroatoms. The Morgan fingerprint density at radius 1 is 1.08 bits per heavy atom. The summed E-state index contributed by atoms with van der Waals surface area (Å²) in [5.41, 5.74) is 6.16. The Kier molecular flexibility index (Phi) is 4.89. The molecule has 0 amide bonds. The van der Waals surface area contributed by atoms with E-state index in [0.717, 1.165) is 24.2 Å². The first-order valence-corrected chi connectivity index (χ1v) is 8.70. The van der Waals surface area contributed by atoms with E-state index in [4.69, 9.17) is 4.74 Å². The van der Waals surface area contributed by atoms with Crippen molar-refractivity contribution in [2.45, 2.75) is 46.6 Å². The van der Waals surface area contributed by atoms with Crippen LogP contribution in [0, 0.1) is 13.8 Å². The van der Waals surface area contributed by atoms with Crippen molar-refractivity contribution in [3.8, 4) is 5.75 Å². The van der Waals surface area contributed by atoms with Crippen molar-refractivity contribution in [2.24, 2.45) is 0 Å². The second kappa shape index (κ2) is 7.08. The highest BCUT2D eigenvalue weighted by Crippen LogP contribution is 2.26. The Morgan fingerprint density at radius 3 is 2.62 bits per heavy atom. The van der Waals surface area contributed by atoms with Crippen LogP contribution < -0.4 is 4.74 Å². The van der Waals surface area contributed by atoms with Crippen LogP contribution in [0.4, 0.5) is 0 Å². The van der Waals surface area contributed by atoms with E-state index >= 15 is 0 Å². The van der Waals surface area contributed by atoms with Crippen LogP contribution in [0.2, 0.25) is 0 Å². The van der Waals surface area contributed by atoms with Crippen molar-refractivity contribution in [1.82, 2.24) is 9.55 Å². The van der Waals surface area contributed by atoms with Gasteiger partial charge in [-0.05, 0) is 61.1 Å². The number of aromatic nitrogens is 2. The average molecular weight is 322 g/mol. The highest BCUT2D eigenvalue weighted by atomic mass is 16.5. The van der Waals surface area contributed by atoms with Gasteiger partial charge in [0.1, 0.15) is 5.75 Å². The van der Waals surface area contributed by atoms with Crippen LogP contribution in [0.25, 0.3) is 11.0 Å². The van der Waals surface area contributed by atoms with Crippen LogP contribution >= 0.6 is 0 Å². The minimum absolute atomic E-state index is 0.477. The van der Waals surface area contributed by atoms with E-state index in [1.165, 1.54) is 22.2 Å². The van der Waals surface area contributed by atoms with Crippen molar-refractivity contribution < 1.29 is 4.74 Å². The van der Waals surface area contributed by atoms with E-state index in [0.29, 0.717) is 12.5 Å². The van der Waals surface area contributed by atoms with Crippen LogP contribution in [0.1, 0.15) is 42.9 Å². The number of hydrogen-bond acceptors (Lipinski definition) is 2. The molecule has 0 bridgehead atoms. The Bertz CT molecular complexity index is 833. The topological polar surface area (TPSA) is 27.1 Å². The van der Waals surface area contributed by atoms with Crippen molar-refractivity contribution in [1.29, 1.82) is 0 Å². The van der Waals surface area contributed by atoms with Gasteiger partial charge in [-0.15, -0.1) is 0 Å². The highest BCUT2D eigenvalue weighted by Gasteiger charge is 2.07. The van der Waals surface area contributed by atoms with Gasteiger partial charge in [0.05, 0.1) is 24.0 Å². The fraction of sp³-hybridized carbons (Fsp3) is 0.381. The maximum atomic E-state index is 6.02. The third-order valence-electron chi connectivity index (χ3n) is 4.58. The molecule has 0 N–H and O–H groups in total. The molecule has 0 radical (unpaired) electrons. The van der Waals surface area contributed by atoms with E-state index in [2.05, 4.69) is 67.6 Å². The normalized spacial score (nSPS) is 11.4. The van der Waals surface area contributed by atoms with E-state index < -0.39 is 0 Å². The number of nitrogens with zero attached hydrogens (tertiary/aromatic N) is 2. The molecule has 0 atom stereocenters. The fourth-order valence-corrected chi connectivity index (χ4v) is 3.00. The molecule has 1 aromatic heterocycles. The first-order valence-electron chi connectivity index (χ1n) is 8.70. The van der Waals surface area contributed by atoms with Crippen molar-refractivity contribution in [3.63, 3.8) is 0 Å². The van der Waals surface area contributed by atoms with Gasteiger partial charge in [0.15, 0.2) is 0 Å². The van der Waals surface area contributed by atoms with Gasteiger partial charge in [0, 0.05) is 6.54 Å². The minimum atomic E-state index is 0.477. The minimum Gasteiger partial charge on any atom is -0.493 e. The molecule has 0 aliphatic carbocycles. The number of benzene rings is 2. The van der Waals surface area contributed by atoms with Crippen molar-refractivity contribution in [2.75, 3.05) is 6.61 Å². The second-order valence-electron chi connectivity index (χ2n) is 6.76. The summed E-state index contributed by atoms with van der Waals surface area (Å²) in [6, 6.07) is 12.7. The third-order valence-corrected chi connectivity index (χ3v) is 4.58. The summed E-state index contributed by atoms with van der Waals surface area (Å²) in [5, 5.41) is 0. The fourth-order valence-electron chi connectivity index (χ4n) is 3.00. The first-order chi connectivity index (χ1) is 11.6. The van der Waals surface area contributed by atoms with E-state index in [1.807, 2.05) is 12.4 Å². The standard InChI is InChI=1S/C21H26N2O/c1-15(2)18-8-5-6-9-21(18)24-11-7-10-23-14-22-19-12-16(3)17(4)13-20(19)23/h5-6,8-9,12-15H,7,10-11H2,1-4H3. The molecule has 24 heavy (non-hydrogen) atoms. The van der Waals surface area contributed by atoms with Crippen molar-refractivity contribution in [3.05, 3.63) is 59.4 Å². The van der Waals surface area contributed by atoms with E-state index in [1.54, 1.807) is 0 Å². The molecular formula is C21H26N2O. The predicted octanol–water partition coefficient (Wildman–Crippen LogP) is 5.25. The van der Waals surface area contributed by atoms with Crippen LogP contribution in [0.5, 0.6) is 5.75 Å².